The molecular weight excluding hydrogens is 392 g/mol. The third kappa shape index (κ3) is 4.53. The highest BCUT2D eigenvalue weighted by Crippen LogP contribution is 2.47. The highest BCUT2D eigenvalue weighted by Gasteiger charge is 2.38. The van der Waals surface area contributed by atoms with E-state index in [-0.39, 0.29) is 11.9 Å². The van der Waals surface area contributed by atoms with E-state index in [1.165, 1.54) is 5.57 Å². The Balaban J connectivity index is 1.37. The van der Waals surface area contributed by atoms with Gasteiger partial charge in [0.25, 0.3) is 0 Å². The van der Waals surface area contributed by atoms with E-state index < -0.39 is 11.2 Å². The zero-order chi connectivity index (χ0) is 22.4. The lowest BCUT2D eigenvalue weighted by Gasteiger charge is -2.33. The molecule has 6 nitrogen and oxygen atoms in total. The predicted octanol–water partition coefficient (Wildman–Crippen LogP) is 4.94. The molecule has 4 rings (SSSR count). The summed E-state index contributed by atoms with van der Waals surface area (Å²) < 4.78 is 11.6. The fraction of sp³-hybridized carbons (Fsp3) is 0.560. The molecule has 0 atom stereocenters. The van der Waals surface area contributed by atoms with E-state index >= 15 is 0 Å². The summed E-state index contributed by atoms with van der Waals surface area (Å²) in [4.78, 5) is 31.3. The van der Waals surface area contributed by atoms with Crippen molar-refractivity contribution in [2.45, 2.75) is 71.5 Å². The van der Waals surface area contributed by atoms with E-state index in [4.69, 9.17) is 9.47 Å². The third-order valence-corrected chi connectivity index (χ3v) is 6.23. The van der Waals surface area contributed by atoms with Crippen LogP contribution in [-0.4, -0.2) is 46.1 Å². The molecule has 1 aliphatic carbocycles. The van der Waals surface area contributed by atoms with E-state index in [1.807, 2.05) is 46.8 Å². The Morgan fingerprint density at radius 2 is 1.97 bits per heavy atom. The monoisotopic (exact) mass is 424 g/mol. The van der Waals surface area contributed by atoms with Crippen LogP contribution in [0.1, 0.15) is 65.9 Å². The second-order valence-electron chi connectivity index (χ2n) is 10.3. The zero-order valence-electron chi connectivity index (χ0n) is 19.2. The van der Waals surface area contributed by atoms with Crippen LogP contribution in [0.5, 0.6) is 5.75 Å². The number of carbonyl (C=O) groups excluding carboxylic acids is 2. The first kappa shape index (κ1) is 21.6. The Hall–Kier alpha value is -2.63. The smallest absolute Gasteiger partial charge is 0.410 e. The minimum atomic E-state index is -0.489. The SMILES string of the molecule is CC(C)(C)OC(=O)N1CCC(CC(=O)C2=CC3=C(C2)c2ccncc2OC3(C)C)CC1. The van der Waals surface area contributed by atoms with Gasteiger partial charge >= 0.3 is 6.09 Å². The number of piperidine rings is 1. The van der Waals surface area contributed by atoms with Crippen molar-refractivity contribution < 1.29 is 19.1 Å². The summed E-state index contributed by atoms with van der Waals surface area (Å²) in [7, 11) is 0. The number of rotatable bonds is 3. The molecule has 0 aromatic carbocycles. The molecule has 166 valence electrons. The van der Waals surface area contributed by atoms with E-state index in [1.54, 1.807) is 17.3 Å². The maximum Gasteiger partial charge on any atom is 0.410 e. The van der Waals surface area contributed by atoms with Crippen molar-refractivity contribution >= 4 is 17.4 Å². The molecule has 3 aliphatic rings. The molecular formula is C25H32N2O4. The van der Waals surface area contributed by atoms with Crippen LogP contribution in [-0.2, 0) is 9.53 Å². The average molecular weight is 425 g/mol. The number of amides is 1. The van der Waals surface area contributed by atoms with Crippen molar-refractivity contribution in [3.8, 4) is 5.75 Å². The fourth-order valence-electron chi connectivity index (χ4n) is 4.63. The van der Waals surface area contributed by atoms with Crippen molar-refractivity contribution in [2.75, 3.05) is 13.1 Å². The number of allylic oxidation sites excluding steroid dienone is 2. The van der Waals surface area contributed by atoms with Gasteiger partial charge in [-0.3, -0.25) is 9.78 Å². The largest absolute Gasteiger partial charge is 0.481 e. The Bertz CT molecular complexity index is 960. The minimum absolute atomic E-state index is 0.205. The van der Waals surface area contributed by atoms with Crippen molar-refractivity contribution in [3.63, 3.8) is 0 Å². The fourth-order valence-corrected chi connectivity index (χ4v) is 4.63. The molecule has 1 aromatic rings. The molecule has 6 heteroatoms. The van der Waals surface area contributed by atoms with Gasteiger partial charge in [0, 0.05) is 37.7 Å². The van der Waals surface area contributed by atoms with Crippen molar-refractivity contribution in [1.82, 2.24) is 9.88 Å². The quantitative estimate of drug-likeness (QED) is 0.687. The summed E-state index contributed by atoms with van der Waals surface area (Å²) in [5, 5.41) is 0. The number of fused-ring (bicyclic) bond motifs is 2. The summed E-state index contributed by atoms with van der Waals surface area (Å²) >= 11 is 0. The second kappa shape index (κ2) is 7.81. The lowest BCUT2D eigenvalue weighted by Crippen LogP contribution is -2.42. The standard InChI is InChI=1S/C25H32N2O4/c1-24(2,3)31-23(29)27-10-7-16(8-11-27)12-21(28)17-13-19-18-6-9-26-15-22(18)30-25(4,5)20(19)14-17/h6,9,14-16H,7-8,10-13H2,1-5H3. The average Bonchev–Trinajstić information content (AvgIpc) is 3.14. The Kier molecular flexibility index (Phi) is 5.44. The molecule has 2 aliphatic heterocycles. The Morgan fingerprint density at radius 1 is 1.26 bits per heavy atom. The van der Waals surface area contributed by atoms with Crippen molar-refractivity contribution in [2.24, 2.45) is 5.92 Å². The number of likely N-dealkylation sites (tertiary alicyclic amines) is 1. The lowest BCUT2D eigenvalue weighted by atomic mass is 9.88. The molecule has 31 heavy (non-hydrogen) atoms. The molecule has 1 fully saturated rings. The first-order chi connectivity index (χ1) is 14.5. The van der Waals surface area contributed by atoms with E-state index in [9.17, 15) is 9.59 Å². The van der Waals surface area contributed by atoms with Gasteiger partial charge in [-0.05, 0) is 82.2 Å². The first-order valence-corrected chi connectivity index (χ1v) is 11.1. The topological polar surface area (TPSA) is 68.7 Å². The maximum absolute atomic E-state index is 13.1. The maximum atomic E-state index is 13.1. The normalized spacial score (nSPS) is 20.5. The van der Waals surface area contributed by atoms with Crippen LogP contribution >= 0.6 is 0 Å². The van der Waals surface area contributed by atoms with Gasteiger partial charge in [-0.2, -0.15) is 0 Å². The van der Waals surface area contributed by atoms with Crippen LogP contribution in [0, 0.1) is 5.92 Å². The summed E-state index contributed by atoms with van der Waals surface area (Å²) in [6, 6.07) is 1.97. The number of ether oxygens (including phenoxy) is 2. The third-order valence-electron chi connectivity index (χ3n) is 6.23. The van der Waals surface area contributed by atoms with E-state index in [2.05, 4.69) is 4.98 Å². The zero-order valence-corrected chi connectivity index (χ0v) is 19.2. The number of hydrogen-bond donors (Lipinski definition) is 0. The summed E-state index contributed by atoms with van der Waals surface area (Å²) in [6.45, 7) is 11.0. The molecule has 0 unspecified atom stereocenters. The molecule has 3 heterocycles. The molecule has 0 radical (unpaired) electrons. The molecule has 1 saturated heterocycles. The first-order valence-electron chi connectivity index (χ1n) is 11.1. The number of nitrogens with zero attached hydrogens (tertiary/aromatic N) is 2. The summed E-state index contributed by atoms with van der Waals surface area (Å²) in [5.41, 5.74) is 3.20. The van der Waals surface area contributed by atoms with Crippen LogP contribution < -0.4 is 4.74 Å². The number of pyridine rings is 1. The minimum Gasteiger partial charge on any atom is -0.481 e. The van der Waals surface area contributed by atoms with Gasteiger partial charge in [0.05, 0.1) is 6.20 Å². The number of carbonyl (C=O) groups is 2. The highest BCUT2D eigenvalue weighted by atomic mass is 16.6. The van der Waals surface area contributed by atoms with Gasteiger partial charge in [-0.25, -0.2) is 4.79 Å². The molecule has 0 bridgehead atoms. The van der Waals surface area contributed by atoms with Crippen LogP contribution in [0.2, 0.25) is 0 Å². The summed E-state index contributed by atoms with van der Waals surface area (Å²) in [5.74, 6) is 1.28. The Morgan fingerprint density at radius 3 is 2.65 bits per heavy atom. The highest BCUT2D eigenvalue weighted by molar-refractivity contribution is 6.02. The van der Waals surface area contributed by atoms with Gasteiger partial charge in [0.1, 0.15) is 17.0 Å². The van der Waals surface area contributed by atoms with Crippen LogP contribution in [0.25, 0.3) is 5.57 Å². The van der Waals surface area contributed by atoms with Gasteiger partial charge < -0.3 is 14.4 Å². The predicted molar refractivity (Wildman–Crippen MR) is 119 cm³/mol. The van der Waals surface area contributed by atoms with Crippen LogP contribution in [0.3, 0.4) is 0 Å². The molecule has 0 N–H and O–H groups in total. The van der Waals surface area contributed by atoms with Gasteiger partial charge in [-0.15, -0.1) is 0 Å². The molecule has 1 amide bonds. The van der Waals surface area contributed by atoms with Crippen molar-refractivity contribution in [3.05, 3.63) is 41.2 Å². The van der Waals surface area contributed by atoms with Gasteiger partial charge in [0.15, 0.2) is 5.78 Å². The number of Topliss-reactive ketones (excluding diaryl/α,β-unsaturated/α-hetero) is 1. The molecule has 1 aromatic heterocycles. The Labute approximate surface area is 184 Å². The van der Waals surface area contributed by atoms with Gasteiger partial charge in [0.2, 0.25) is 0 Å². The summed E-state index contributed by atoms with van der Waals surface area (Å²) in [6.07, 6.45) is 8.12. The van der Waals surface area contributed by atoms with Crippen LogP contribution in [0.15, 0.2) is 35.7 Å². The van der Waals surface area contributed by atoms with E-state index in [0.29, 0.717) is 31.8 Å². The second-order valence-corrected chi connectivity index (χ2v) is 10.3. The molecule has 0 spiro atoms. The number of hydrogen-bond acceptors (Lipinski definition) is 5. The number of ketones is 1. The molecule has 0 saturated carbocycles. The van der Waals surface area contributed by atoms with Gasteiger partial charge in [-0.1, -0.05) is 0 Å². The van der Waals surface area contributed by atoms with E-state index in [0.717, 1.165) is 35.3 Å². The van der Waals surface area contributed by atoms with Crippen molar-refractivity contribution in [1.29, 1.82) is 0 Å². The van der Waals surface area contributed by atoms with Crippen LogP contribution in [0.4, 0.5) is 4.79 Å². The number of aromatic nitrogens is 1. The lowest BCUT2D eigenvalue weighted by molar-refractivity contribution is -0.116.